The minimum atomic E-state index is -3.66. The van der Waals surface area contributed by atoms with Gasteiger partial charge in [-0.15, -0.1) is 0 Å². The number of sulfonamides is 1. The molecule has 0 aliphatic rings. The Morgan fingerprint density at radius 2 is 1.62 bits per heavy atom. The first-order valence-electron chi connectivity index (χ1n) is 6.77. The van der Waals surface area contributed by atoms with Gasteiger partial charge >= 0.3 is 0 Å². The largest absolute Gasteiger partial charge is 0.241 e. The van der Waals surface area contributed by atoms with Crippen LogP contribution in [-0.4, -0.2) is 8.42 Å². The summed E-state index contributed by atoms with van der Waals surface area (Å²) in [5.41, 5.74) is 2.03. The van der Waals surface area contributed by atoms with Gasteiger partial charge in [0, 0.05) is 6.04 Å². The highest BCUT2D eigenvalue weighted by molar-refractivity contribution is 7.89. The summed E-state index contributed by atoms with van der Waals surface area (Å²) in [6.45, 7) is 3.89. The number of hydrogen-bond acceptors (Lipinski definition) is 2. The quantitative estimate of drug-likeness (QED) is 0.918. The van der Waals surface area contributed by atoms with Gasteiger partial charge in [0.1, 0.15) is 5.82 Å². The van der Waals surface area contributed by atoms with Crippen LogP contribution in [0.2, 0.25) is 0 Å². The lowest BCUT2D eigenvalue weighted by molar-refractivity contribution is 0.549. The van der Waals surface area contributed by atoms with Crippen LogP contribution in [0.15, 0.2) is 53.4 Å². The Kier molecular flexibility index (Phi) is 4.75. The van der Waals surface area contributed by atoms with E-state index in [-0.39, 0.29) is 10.9 Å². The van der Waals surface area contributed by atoms with Crippen molar-refractivity contribution >= 4 is 10.0 Å². The molecule has 5 heteroatoms. The lowest BCUT2D eigenvalue weighted by Gasteiger charge is -2.18. The standard InChI is InChI=1S/C16H18FNO2S/c1-3-16(13-6-4-12(2)5-7-13)18-21(19,20)15-10-8-14(17)9-11-15/h4-11,16,18H,3H2,1-2H3/t16-/m1/s1. The Bertz CT molecular complexity index is 694. The van der Waals surface area contributed by atoms with E-state index < -0.39 is 15.8 Å². The van der Waals surface area contributed by atoms with Crippen molar-refractivity contribution < 1.29 is 12.8 Å². The predicted octanol–water partition coefficient (Wildman–Crippen LogP) is 3.56. The molecular formula is C16H18FNO2S. The van der Waals surface area contributed by atoms with E-state index in [1.807, 2.05) is 38.1 Å². The Morgan fingerprint density at radius 1 is 1.05 bits per heavy atom. The molecule has 0 saturated heterocycles. The fourth-order valence-electron chi connectivity index (χ4n) is 2.05. The summed E-state index contributed by atoms with van der Waals surface area (Å²) in [4.78, 5) is 0.0643. The first-order chi connectivity index (χ1) is 9.92. The molecule has 112 valence electrons. The molecule has 2 rings (SSSR count). The van der Waals surface area contributed by atoms with E-state index in [4.69, 9.17) is 0 Å². The molecule has 3 nitrogen and oxygen atoms in total. The zero-order chi connectivity index (χ0) is 15.5. The average Bonchev–Trinajstić information content (AvgIpc) is 2.46. The third-order valence-corrected chi connectivity index (χ3v) is 4.80. The van der Waals surface area contributed by atoms with Gasteiger partial charge in [-0.05, 0) is 43.2 Å². The van der Waals surface area contributed by atoms with Crippen molar-refractivity contribution in [2.24, 2.45) is 0 Å². The number of nitrogens with one attached hydrogen (secondary N) is 1. The second-order valence-electron chi connectivity index (χ2n) is 4.95. The topological polar surface area (TPSA) is 46.2 Å². The maximum Gasteiger partial charge on any atom is 0.241 e. The van der Waals surface area contributed by atoms with Gasteiger partial charge in [0.15, 0.2) is 0 Å². The van der Waals surface area contributed by atoms with E-state index in [1.165, 1.54) is 12.1 Å². The maximum absolute atomic E-state index is 12.9. The van der Waals surface area contributed by atoms with Crippen molar-refractivity contribution in [3.05, 3.63) is 65.5 Å². The van der Waals surface area contributed by atoms with Crippen LogP contribution in [0.4, 0.5) is 4.39 Å². The second kappa shape index (κ2) is 6.37. The zero-order valence-electron chi connectivity index (χ0n) is 12.0. The third-order valence-electron chi connectivity index (χ3n) is 3.31. The van der Waals surface area contributed by atoms with Gasteiger partial charge in [0.2, 0.25) is 10.0 Å². The van der Waals surface area contributed by atoms with Crippen LogP contribution in [0.1, 0.15) is 30.5 Å². The molecule has 21 heavy (non-hydrogen) atoms. The van der Waals surface area contributed by atoms with Gasteiger partial charge in [0.05, 0.1) is 4.90 Å². The molecule has 0 amide bonds. The summed E-state index contributed by atoms with van der Waals surface area (Å²) in [7, 11) is -3.66. The fourth-order valence-corrected chi connectivity index (χ4v) is 3.36. The summed E-state index contributed by atoms with van der Waals surface area (Å²) >= 11 is 0. The van der Waals surface area contributed by atoms with E-state index >= 15 is 0 Å². The summed E-state index contributed by atoms with van der Waals surface area (Å²) in [6, 6.07) is 12.2. The van der Waals surface area contributed by atoms with E-state index in [0.717, 1.165) is 23.3 Å². The van der Waals surface area contributed by atoms with Crippen LogP contribution in [0.25, 0.3) is 0 Å². The highest BCUT2D eigenvalue weighted by Gasteiger charge is 2.20. The summed E-state index contributed by atoms with van der Waals surface area (Å²) < 4.78 is 40.2. The van der Waals surface area contributed by atoms with E-state index in [9.17, 15) is 12.8 Å². The Hall–Kier alpha value is -1.72. The number of halogens is 1. The van der Waals surface area contributed by atoms with E-state index in [1.54, 1.807) is 0 Å². The van der Waals surface area contributed by atoms with Gasteiger partial charge in [-0.3, -0.25) is 0 Å². The molecule has 0 unspecified atom stereocenters. The molecule has 0 spiro atoms. The number of rotatable bonds is 5. The average molecular weight is 307 g/mol. The maximum atomic E-state index is 12.9. The molecule has 0 bridgehead atoms. The van der Waals surface area contributed by atoms with Gasteiger partial charge in [-0.1, -0.05) is 36.8 Å². The van der Waals surface area contributed by atoms with Crippen LogP contribution >= 0.6 is 0 Å². The van der Waals surface area contributed by atoms with E-state index in [0.29, 0.717) is 6.42 Å². The molecule has 1 N–H and O–H groups in total. The van der Waals surface area contributed by atoms with Gasteiger partial charge in [0.25, 0.3) is 0 Å². The SMILES string of the molecule is CC[C@@H](NS(=O)(=O)c1ccc(F)cc1)c1ccc(C)cc1. The van der Waals surface area contributed by atoms with Crippen LogP contribution in [-0.2, 0) is 10.0 Å². The van der Waals surface area contributed by atoms with Crippen molar-refractivity contribution in [3.63, 3.8) is 0 Å². The molecule has 0 fully saturated rings. The summed E-state index contributed by atoms with van der Waals surface area (Å²) in [5, 5.41) is 0. The third kappa shape index (κ3) is 3.89. The molecule has 2 aromatic carbocycles. The normalized spacial score (nSPS) is 13.1. The number of hydrogen-bond donors (Lipinski definition) is 1. The Balaban J connectivity index is 2.24. The molecule has 0 aliphatic heterocycles. The molecule has 1 atom stereocenters. The van der Waals surface area contributed by atoms with Gasteiger partial charge < -0.3 is 0 Å². The molecule has 2 aromatic rings. The zero-order valence-corrected chi connectivity index (χ0v) is 12.8. The highest BCUT2D eigenvalue weighted by Crippen LogP contribution is 2.20. The molecule has 0 aromatic heterocycles. The highest BCUT2D eigenvalue weighted by atomic mass is 32.2. The predicted molar refractivity (Wildman–Crippen MR) is 80.9 cm³/mol. The Labute approximate surface area is 124 Å². The van der Waals surface area contributed by atoms with Gasteiger partial charge in [-0.2, -0.15) is 0 Å². The van der Waals surface area contributed by atoms with Crippen molar-refractivity contribution in [2.75, 3.05) is 0 Å². The number of benzene rings is 2. The summed E-state index contributed by atoms with van der Waals surface area (Å²) in [6.07, 6.45) is 0.628. The van der Waals surface area contributed by atoms with Gasteiger partial charge in [-0.25, -0.2) is 17.5 Å². The molecule has 0 radical (unpaired) electrons. The molecule has 0 heterocycles. The van der Waals surface area contributed by atoms with Crippen LogP contribution in [0.3, 0.4) is 0 Å². The monoisotopic (exact) mass is 307 g/mol. The number of aryl methyl sites for hydroxylation is 1. The minimum absolute atomic E-state index is 0.0643. The van der Waals surface area contributed by atoms with Crippen LogP contribution in [0, 0.1) is 12.7 Å². The molecular weight excluding hydrogens is 289 g/mol. The smallest absolute Gasteiger partial charge is 0.207 e. The lowest BCUT2D eigenvalue weighted by Crippen LogP contribution is -2.28. The van der Waals surface area contributed by atoms with Crippen molar-refractivity contribution in [1.82, 2.24) is 4.72 Å². The Morgan fingerprint density at radius 3 is 2.14 bits per heavy atom. The minimum Gasteiger partial charge on any atom is -0.207 e. The van der Waals surface area contributed by atoms with Crippen LogP contribution < -0.4 is 4.72 Å². The van der Waals surface area contributed by atoms with Crippen molar-refractivity contribution in [3.8, 4) is 0 Å². The van der Waals surface area contributed by atoms with Crippen molar-refractivity contribution in [1.29, 1.82) is 0 Å². The lowest BCUT2D eigenvalue weighted by atomic mass is 10.0. The fraction of sp³-hybridized carbons (Fsp3) is 0.250. The first-order valence-corrected chi connectivity index (χ1v) is 8.25. The second-order valence-corrected chi connectivity index (χ2v) is 6.66. The first kappa shape index (κ1) is 15.7. The van der Waals surface area contributed by atoms with Crippen molar-refractivity contribution in [2.45, 2.75) is 31.2 Å². The molecule has 0 saturated carbocycles. The van der Waals surface area contributed by atoms with E-state index in [2.05, 4.69) is 4.72 Å². The molecule has 0 aliphatic carbocycles. The van der Waals surface area contributed by atoms with Crippen LogP contribution in [0.5, 0.6) is 0 Å². The summed E-state index contributed by atoms with van der Waals surface area (Å²) in [5.74, 6) is -0.459.